The van der Waals surface area contributed by atoms with Gasteiger partial charge in [-0.1, -0.05) is 29.3 Å². The Bertz CT molecular complexity index is 530. The van der Waals surface area contributed by atoms with Crippen LogP contribution in [0.4, 0.5) is 0 Å². The maximum absolute atomic E-state index is 11.7. The summed E-state index contributed by atoms with van der Waals surface area (Å²) in [7, 11) is 0. The van der Waals surface area contributed by atoms with Gasteiger partial charge >= 0.3 is 0 Å². The van der Waals surface area contributed by atoms with Crippen molar-refractivity contribution in [2.75, 3.05) is 0 Å². The molecule has 0 unspecified atom stereocenters. The monoisotopic (exact) mass is 282 g/mol. The van der Waals surface area contributed by atoms with Gasteiger partial charge in [0.15, 0.2) is 0 Å². The van der Waals surface area contributed by atoms with Gasteiger partial charge in [0.2, 0.25) is 0 Å². The molecule has 0 aliphatic carbocycles. The van der Waals surface area contributed by atoms with Crippen molar-refractivity contribution in [1.82, 2.24) is 5.32 Å². The van der Waals surface area contributed by atoms with E-state index in [2.05, 4.69) is 5.32 Å². The third kappa shape index (κ3) is 4.06. The molecule has 0 spiro atoms. The molecule has 1 rings (SSSR count). The SMILES string of the molecule is CC(C)NC(=O)/C(C#N)=C/c1ccc(Cl)cc1Cl. The summed E-state index contributed by atoms with van der Waals surface area (Å²) in [6.45, 7) is 3.64. The van der Waals surface area contributed by atoms with Gasteiger partial charge in [-0.25, -0.2) is 0 Å². The van der Waals surface area contributed by atoms with E-state index in [1.165, 1.54) is 6.08 Å². The first kappa shape index (κ1) is 14.6. The molecule has 0 atom stereocenters. The maximum atomic E-state index is 11.7. The molecule has 0 bridgehead atoms. The van der Waals surface area contributed by atoms with E-state index in [1.54, 1.807) is 18.2 Å². The highest BCUT2D eigenvalue weighted by Gasteiger charge is 2.10. The summed E-state index contributed by atoms with van der Waals surface area (Å²) in [5.74, 6) is -0.418. The molecule has 1 N–H and O–H groups in total. The largest absolute Gasteiger partial charge is 0.349 e. The molecule has 0 heterocycles. The minimum absolute atomic E-state index is 0.00734. The number of hydrogen-bond acceptors (Lipinski definition) is 2. The second kappa shape index (κ2) is 6.44. The van der Waals surface area contributed by atoms with Gasteiger partial charge in [-0.2, -0.15) is 5.26 Å². The third-order valence-corrected chi connectivity index (χ3v) is 2.61. The second-order valence-electron chi connectivity index (χ2n) is 3.96. The van der Waals surface area contributed by atoms with E-state index in [0.29, 0.717) is 15.6 Å². The van der Waals surface area contributed by atoms with E-state index in [4.69, 9.17) is 28.5 Å². The fourth-order valence-electron chi connectivity index (χ4n) is 1.26. The molecular weight excluding hydrogens is 271 g/mol. The number of nitriles is 1. The molecule has 1 aromatic rings. The molecule has 1 amide bonds. The average Bonchev–Trinajstić information content (AvgIpc) is 2.27. The Morgan fingerprint density at radius 2 is 2.11 bits per heavy atom. The smallest absolute Gasteiger partial charge is 0.262 e. The quantitative estimate of drug-likeness (QED) is 0.682. The topological polar surface area (TPSA) is 52.9 Å². The molecule has 0 saturated carbocycles. The number of benzene rings is 1. The zero-order valence-corrected chi connectivity index (χ0v) is 11.5. The Morgan fingerprint density at radius 1 is 1.44 bits per heavy atom. The van der Waals surface area contributed by atoms with Crippen molar-refractivity contribution in [3.05, 3.63) is 39.4 Å². The Balaban J connectivity index is 3.05. The summed E-state index contributed by atoms with van der Waals surface area (Å²) in [4.78, 5) is 11.7. The summed E-state index contributed by atoms with van der Waals surface area (Å²) in [5, 5.41) is 12.5. The van der Waals surface area contributed by atoms with E-state index >= 15 is 0 Å². The first-order chi connectivity index (χ1) is 8.43. The van der Waals surface area contributed by atoms with E-state index in [1.807, 2.05) is 19.9 Å². The summed E-state index contributed by atoms with van der Waals surface area (Å²) in [6, 6.07) is 6.69. The van der Waals surface area contributed by atoms with Crippen LogP contribution in [0.1, 0.15) is 19.4 Å². The van der Waals surface area contributed by atoms with Gasteiger partial charge in [0.1, 0.15) is 11.6 Å². The summed E-state index contributed by atoms with van der Waals surface area (Å²) in [6.07, 6.45) is 1.44. The number of hydrogen-bond donors (Lipinski definition) is 1. The highest BCUT2D eigenvalue weighted by Crippen LogP contribution is 2.23. The number of amides is 1. The van der Waals surface area contributed by atoms with E-state index in [9.17, 15) is 4.79 Å². The second-order valence-corrected chi connectivity index (χ2v) is 4.81. The van der Waals surface area contributed by atoms with E-state index in [0.717, 1.165) is 0 Å². The highest BCUT2D eigenvalue weighted by molar-refractivity contribution is 6.35. The van der Waals surface area contributed by atoms with Crippen LogP contribution in [0, 0.1) is 11.3 Å². The summed E-state index contributed by atoms with van der Waals surface area (Å²) < 4.78 is 0. The molecule has 0 radical (unpaired) electrons. The summed E-state index contributed by atoms with van der Waals surface area (Å²) >= 11 is 11.7. The molecule has 0 aliphatic rings. The number of nitrogens with one attached hydrogen (secondary N) is 1. The van der Waals surface area contributed by atoms with E-state index in [-0.39, 0.29) is 11.6 Å². The Hall–Kier alpha value is -1.50. The number of rotatable bonds is 3. The molecule has 0 fully saturated rings. The summed E-state index contributed by atoms with van der Waals surface area (Å²) in [5.41, 5.74) is 0.587. The lowest BCUT2D eigenvalue weighted by Crippen LogP contribution is -2.30. The number of nitrogens with zero attached hydrogens (tertiary/aromatic N) is 1. The van der Waals surface area contributed by atoms with Crippen LogP contribution in [0.2, 0.25) is 10.0 Å². The van der Waals surface area contributed by atoms with Gasteiger partial charge in [0, 0.05) is 16.1 Å². The van der Waals surface area contributed by atoms with Crippen molar-refractivity contribution in [3.63, 3.8) is 0 Å². The van der Waals surface area contributed by atoms with Crippen LogP contribution in [-0.2, 0) is 4.79 Å². The maximum Gasteiger partial charge on any atom is 0.262 e. The molecular formula is C13H12Cl2N2O. The predicted octanol–water partition coefficient (Wildman–Crippen LogP) is 3.42. The first-order valence-corrected chi connectivity index (χ1v) is 6.07. The molecule has 0 saturated heterocycles. The zero-order valence-electron chi connectivity index (χ0n) is 10.00. The number of carbonyl (C=O) groups excluding carboxylic acids is 1. The van der Waals surface area contributed by atoms with Gasteiger partial charge in [-0.05, 0) is 37.6 Å². The van der Waals surface area contributed by atoms with Crippen molar-refractivity contribution < 1.29 is 4.79 Å². The van der Waals surface area contributed by atoms with Crippen LogP contribution in [0.25, 0.3) is 6.08 Å². The number of halogens is 2. The van der Waals surface area contributed by atoms with Crippen LogP contribution in [-0.4, -0.2) is 11.9 Å². The molecule has 1 aromatic carbocycles. The molecule has 5 heteroatoms. The van der Waals surface area contributed by atoms with Crippen molar-refractivity contribution in [1.29, 1.82) is 5.26 Å². The van der Waals surface area contributed by atoms with Crippen LogP contribution in [0.5, 0.6) is 0 Å². The van der Waals surface area contributed by atoms with Gasteiger partial charge < -0.3 is 5.32 Å². The third-order valence-electron chi connectivity index (χ3n) is 2.05. The molecule has 94 valence electrons. The van der Waals surface area contributed by atoms with Crippen molar-refractivity contribution in [2.24, 2.45) is 0 Å². The fraction of sp³-hybridized carbons (Fsp3) is 0.231. The fourth-order valence-corrected chi connectivity index (χ4v) is 1.73. The first-order valence-electron chi connectivity index (χ1n) is 5.31. The van der Waals surface area contributed by atoms with Gasteiger partial charge in [-0.3, -0.25) is 4.79 Å². The molecule has 0 aromatic heterocycles. The average molecular weight is 283 g/mol. The standard InChI is InChI=1S/C13H12Cl2N2O/c1-8(2)17-13(18)10(7-16)5-9-3-4-11(14)6-12(9)15/h3-6,8H,1-2H3,(H,17,18)/b10-5+. The van der Waals surface area contributed by atoms with Crippen molar-refractivity contribution in [2.45, 2.75) is 19.9 Å². The van der Waals surface area contributed by atoms with E-state index < -0.39 is 5.91 Å². The Morgan fingerprint density at radius 3 is 2.61 bits per heavy atom. The minimum atomic E-state index is -0.418. The lowest BCUT2D eigenvalue weighted by Gasteiger charge is -2.07. The van der Waals surface area contributed by atoms with Crippen molar-refractivity contribution in [3.8, 4) is 6.07 Å². The lowest BCUT2D eigenvalue weighted by molar-refractivity contribution is -0.117. The molecule has 18 heavy (non-hydrogen) atoms. The minimum Gasteiger partial charge on any atom is -0.349 e. The zero-order chi connectivity index (χ0) is 13.7. The van der Waals surface area contributed by atoms with Gasteiger partial charge in [-0.15, -0.1) is 0 Å². The van der Waals surface area contributed by atoms with Crippen LogP contribution in [0.15, 0.2) is 23.8 Å². The molecule has 3 nitrogen and oxygen atoms in total. The van der Waals surface area contributed by atoms with Gasteiger partial charge in [0.25, 0.3) is 5.91 Å². The lowest BCUT2D eigenvalue weighted by atomic mass is 10.1. The normalized spacial score (nSPS) is 11.2. The van der Waals surface area contributed by atoms with Crippen LogP contribution >= 0.6 is 23.2 Å². The Labute approximate surface area is 116 Å². The molecule has 0 aliphatic heterocycles. The Kier molecular flexibility index (Phi) is 5.21. The highest BCUT2D eigenvalue weighted by atomic mass is 35.5. The van der Waals surface area contributed by atoms with Crippen LogP contribution < -0.4 is 5.32 Å². The van der Waals surface area contributed by atoms with Gasteiger partial charge in [0.05, 0.1) is 0 Å². The van der Waals surface area contributed by atoms with Crippen LogP contribution in [0.3, 0.4) is 0 Å². The van der Waals surface area contributed by atoms with Crippen molar-refractivity contribution >= 4 is 35.2 Å². The predicted molar refractivity (Wildman–Crippen MR) is 73.3 cm³/mol. The number of carbonyl (C=O) groups is 1.